The Kier molecular flexibility index (Phi) is 4.79. The number of nitrogens with one attached hydrogen (secondary N) is 2. The van der Waals surface area contributed by atoms with Gasteiger partial charge in [-0.25, -0.2) is 9.59 Å². The fourth-order valence-electron chi connectivity index (χ4n) is 3.87. The molecule has 0 aliphatic heterocycles. The van der Waals surface area contributed by atoms with E-state index in [1.165, 1.54) is 12.8 Å². The molecule has 0 radical (unpaired) electrons. The number of carbonyl (C=O) groups excluding carboxylic acids is 1. The van der Waals surface area contributed by atoms with E-state index in [0.29, 0.717) is 25.3 Å². The zero-order valence-corrected chi connectivity index (χ0v) is 13.2. The second kappa shape index (κ2) is 6.24. The van der Waals surface area contributed by atoms with Crippen molar-refractivity contribution in [2.24, 2.45) is 11.3 Å². The zero-order valence-electron chi connectivity index (χ0n) is 13.2. The van der Waals surface area contributed by atoms with Crippen LogP contribution in [0.2, 0.25) is 0 Å². The van der Waals surface area contributed by atoms with Gasteiger partial charge < -0.3 is 15.7 Å². The second-order valence-corrected chi connectivity index (χ2v) is 7.41. The molecule has 2 saturated carbocycles. The van der Waals surface area contributed by atoms with Crippen molar-refractivity contribution < 1.29 is 14.7 Å². The van der Waals surface area contributed by atoms with Gasteiger partial charge in [0, 0.05) is 6.54 Å². The summed E-state index contributed by atoms with van der Waals surface area (Å²) >= 11 is 0. The van der Waals surface area contributed by atoms with Gasteiger partial charge in [-0.15, -0.1) is 0 Å². The Morgan fingerprint density at radius 1 is 1.19 bits per heavy atom. The topological polar surface area (TPSA) is 78.4 Å². The van der Waals surface area contributed by atoms with E-state index in [9.17, 15) is 14.7 Å². The molecule has 21 heavy (non-hydrogen) atoms. The van der Waals surface area contributed by atoms with Crippen LogP contribution in [0.4, 0.5) is 4.79 Å². The molecule has 5 heteroatoms. The highest BCUT2D eigenvalue weighted by Crippen LogP contribution is 2.37. The predicted molar refractivity (Wildman–Crippen MR) is 81.1 cm³/mol. The smallest absolute Gasteiger partial charge is 0.329 e. The first-order valence-corrected chi connectivity index (χ1v) is 8.15. The maximum absolute atomic E-state index is 12.1. The summed E-state index contributed by atoms with van der Waals surface area (Å²) in [4.78, 5) is 23.8. The van der Waals surface area contributed by atoms with Crippen LogP contribution in [0.25, 0.3) is 0 Å². The van der Waals surface area contributed by atoms with Gasteiger partial charge in [-0.1, -0.05) is 39.5 Å². The van der Waals surface area contributed by atoms with Gasteiger partial charge in [-0.3, -0.25) is 0 Å². The minimum Gasteiger partial charge on any atom is -0.480 e. The number of carbonyl (C=O) groups is 2. The van der Waals surface area contributed by atoms with E-state index in [1.54, 1.807) is 0 Å². The highest BCUT2D eigenvalue weighted by atomic mass is 16.4. The summed E-state index contributed by atoms with van der Waals surface area (Å²) in [6, 6.07) is -0.334. The van der Waals surface area contributed by atoms with E-state index < -0.39 is 11.5 Å². The van der Waals surface area contributed by atoms with Gasteiger partial charge in [0.2, 0.25) is 0 Å². The normalized spacial score (nSPS) is 31.6. The molecule has 0 spiro atoms. The molecular weight excluding hydrogens is 268 g/mol. The Labute approximate surface area is 126 Å². The lowest BCUT2D eigenvalue weighted by Crippen LogP contribution is -2.59. The number of urea groups is 1. The van der Waals surface area contributed by atoms with E-state index >= 15 is 0 Å². The first-order chi connectivity index (χ1) is 9.85. The summed E-state index contributed by atoms with van der Waals surface area (Å²) in [7, 11) is 0. The van der Waals surface area contributed by atoms with Gasteiger partial charge in [-0.05, 0) is 37.0 Å². The fraction of sp³-hybridized carbons (Fsp3) is 0.875. The molecule has 120 valence electrons. The lowest BCUT2D eigenvalue weighted by molar-refractivity contribution is -0.146. The molecule has 0 heterocycles. The summed E-state index contributed by atoms with van der Waals surface area (Å²) in [5, 5.41) is 15.2. The van der Waals surface area contributed by atoms with Crippen LogP contribution < -0.4 is 10.6 Å². The molecule has 0 bridgehead atoms. The molecule has 5 nitrogen and oxygen atoms in total. The molecule has 3 N–H and O–H groups in total. The van der Waals surface area contributed by atoms with Gasteiger partial charge in [0.05, 0.1) is 0 Å². The summed E-state index contributed by atoms with van der Waals surface area (Å²) < 4.78 is 0. The number of carboxylic acids is 1. The van der Waals surface area contributed by atoms with E-state index in [2.05, 4.69) is 24.5 Å². The molecule has 0 aromatic rings. The van der Waals surface area contributed by atoms with Crippen molar-refractivity contribution in [1.29, 1.82) is 0 Å². The van der Waals surface area contributed by atoms with Crippen molar-refractivity contribution in [3.63, 3.8) is 0 Å². The van der Waals surface area contributed by atoms with Crippen LogP contribution in [0.3, 0.4) is 0 Å². The molecule has 0 saturated heterocycles. The van der Waals surface area contributed by atoms with Gasteiger partial charge in [0.1, 0.15) is 5.54 Å². The predicted octanol–water partition coefficient (Wildman–Crippen LogP) is 2.90. The van der Waals surface area contributed by atoms with Gasteiger partial charge in [-0.2, -0.15) is 0 Å². The minimum atomic E-state index is -1.08. The largest absolute Gasteiger partial charge is 0.480 e. The van der Waals surface area contributed by atoms with E-state index in [4.69, 9.17) is 0 Å². The Morgan fingerprint density at radius 3 is 2.43 bits per heavy atom. The molecule has 0 aromatic heterocycles. The number of hydrogen-bond acceptors (Lipinski definition) is 2. The molecule has 0 aromatic carbocycles. The Morgan fingerprint density at radius 2 is 1.86 bits per heavy atom. The third kappa shape index (κ3) is 3.89. The highest BCUT2D eigenvalue weighted by molar-refractivity contribution is 5.86. The van der Waals surface area contributed by atoms with E-state index in [1.807, 2.05) is 0 Å². The van der Waals surface area contributed by atoms with Crippen LogP contribution in [0.1, 0.15) is 65.2 Å². The maximum atomic E-state index is 12.1. The van der Waals surface area contributed by atoms with Crippen molar-refractivity contribution in [3.8, 4) is 0 Å². The monoisotopic (exact) mass is 296 g/mol. The van der Waals surface area contributed by atoms with E-state index in [0.717, 1.165) is 25.7 Å². The third-order valence-corrected chi connectivity index (χ3v) is 5.25. The molecule has 2 rings (SSSR count). The Hall–Kier alpha value is -1.26. The summed E-state index contributed by atoms with van der Waals surface area (Å²) in [5.74, 6) is -0.571. The van der Waals surface area contributed by atoms with Crippen LogP contribution in [-0.4, -0.2) is 29.2 Å². The maximum Gasteiger partial charge on any atom is 0.329 e. The van der Waals surface area contributed by atoms with Gasteiger partial charge >= 0.3 is 12.0 Å². The van der Waals surface area contributed by atoms with Crippen molar-refractivity contribution in [2.75, 3.05) is 6.54 Å². The number of amides is 2. The minimum absolute atomic E-state index is 0.174. The van der Waals surface area contributed by atoms with Crippen molar-refractivity contribution in [3.05, 3.63) is 0 Å². The number of carboxylic acid groups (broad SMARTS) is 1. The molecular formula is C16H28N2O3. The van der Waals surface area contributed by atoms with Crippen molar-refractivity contribution in [1.82, 2.24) is 10.6 Å². The number of hydrogen-bond donors (Lipinski definition) is 3. The fourth-order valence-corrected chi connectivity index (χ4v) is 3.87. The molecule has 2 atom stereocenters. The summed E-state index contributed by atoms with van der Waals surface area (Å²) in [6.07, 6.45) is 7.64. The lowest BCUT2D eigenvalue weighted by atomic mass is 9.76. The first kappa shape index (κ1) is 16.1. The SMILES string of the molecule is CC1CCCC(NC(=O)NCC2(C)CCCC2)(C(=O)O)C1. The number of aliphatic carboxylic acids is 1. The van der Waals surface area contributed by atoms with Crippen LogP contribution in [0, 0.1) is 11.3 Å². The second-order valence-electron chi connectivity index (χ2n) is 7.41. The molecule has 2 unspecified atom stereocenters. The standard InChI is InChI=1S/C16H28N2O3/c1-12-6-5-9-16(10-12,13(19)20)18-14(21)17-11-15(2)7-3-4-8-15/h12H,3-11H2,1-2H3,(H,19,20)(H2,17,18,21). The average molecular weight is 296 g/mol. The molecule has 2 aliphatic carbocycles. The first-order valence-electron chi connectivity index (χ1n) is 8.15. The summed E-state index contributed by atoms with van der Waals surface area (Å²) in [5.41, 5.74) is -0.911. The van der Waals surface area contributed by atoms with Crippen molar-refractivity contribution in [2.45, 2.75) is 70.8 Å². The lowest BCUT2D eigenvalue weighted by Gasteiger charge is -2.37. The van der Waals surface area contributed by atoms with Crippen LogP contribution in [0.5, 0.6) is 0 Å². The Bertz CT molecular complexity index is 404. The third-order valence-electron chi connectivity index (χ3n) is 5.25. The molecule has 2 fully saturated rings. The highest BCUT2D eigenvalue weighted by Gasteiger charge is 2.43. The zero-order chi connectivity index (χ0) is 15.5. The molecule has 2 aliphatic rings. The molecule has 2 amide bonds. The van der Waals surface area contributed by atoms with Crippen LogP contribution in [0.15, 0.2) is 0 Å². The summed E-state index contributed by atoms with van der Waals surface area (Å²) in [6.45, 7) is 4.87. The van der Waals surface area contributed by atoms with Gasteiger partial charge in [0.25, 0.3) is 0 Å². The van der Waals surface area contributed by atoms with Crippen LogP contribution in [-0.2, 0) is 4.79 Å². The van der Waals surface area contributed by atoms with Gasteiger partial charge in [0.15, 0.2) is 0 Å². The van der Waals surface area contributed by atoms with Crippen molar-refractivity contribution >= 4 is 12.0 Å². The number of rotatable bonds is 4. The quantitative estimate of drug-likeness (QED) is 0.746. The van der Waals surface area contributed by atoms with E-state index in [-0.39, 0.29) is 11.4 Å². The Balaban J connectivity index is 1.91. The average Bonchev–Trinajstić information content (AvgIpc) is 2.84. The van der Waals surface area contributed by atoms with Crippen LogP contribution >= 0.6 is 0 Å².